The standard InChI is InChI=1S/C18H20F12O2/c1-8(2)12(31)32-11-6-5-9(13(3,15(19,20)21)16(22,23)24)7-10(11)14(4,17(25,26)27)18(28,29)30/h9-11H,1,5-7H2,2-4H3. The van der Waals surface area contributed by atoms with Gasteiger partial charge in [-0.1, -0.05) is 6.58 Å². The lowest BCUT2D eigenvalue weighted by Gasteiger charge is -2.50. The van der Waals surface area contributed by atoms with Crippen molar-refractivity contribution in [3.05, 3.63) is 12.2 Å². The Labute approximate surface area is 175 Å². The normalized spacial score (nSPS) is 24.3. The van der Waals surface area contributed by atoms with Crippen LogP contribution in [0.4, 0.5) is 52.7 Å². The second-order valence-electron chi connectivity index (χ2n) is 8.24. The maximum atomic E-state index is 13.6. The summed E-state index contributed by atoms with van der Waals surface area (Å²) in [4.78, 5) is 11.7. The molecule has 0 amide bonds. The highest BCUT2D eigenvalue weighted by molar-refractivity contribution is 5.87. The number of carbonyl (C=O) groups is 1. The molecule has 1 aliphatic rings. The quantitative estimate of drug-likeness (QED) is 0.235. The third-order valence-electron chi connectivity index (χ3n) is 6.31. The fourth-order valence-corrected chi connectivity index (χ4v) is 3.86. The molecular formula is C18H20F12O2. The van der Waals surface area contributed by atoms with Crippen molar-refractivity contribution in [2.45, 2.75) is 70.8 Å². The Hall–Kier alpha value is -1.63. The number of ether oxygens (including phenoxy) is 1. The zero-order valence-electron chi connectivity index (χ0n) is 16.9. The van der Waals surface area contributed by atoms with Crippen LogP contribution in [0.3, 0.4) is 0 Å². The monoisotopic (exact) mass is 496 g/mol. The fourth-order valence-electron chi connectivity index (χ4n) is 3.86. The Bertz CT molecular complexity index is 685. The average molecular weight is 496 g/mol. The lowest BCUT2D eigenvalue weighted by molar-refractivity contribution is -0.376. The van der Waals surface area contributed by atoms with Crippen LogP contribution in [0.15, 0.2) is 12.2 Å². The molecule has 0 bridgehead atoms. The van der Waals surface area contributed by atoms with E-state index in [0.717, 1.165) is 6.92 Å². The minimum atomic E-state index is -6.13. The second-order valence-corrected chi connectivity index (χ2v) is 8.24. The van der Waals surface area contributed by atoms with E-state index in [9.17, 15) is 57.5 Å². The van der Waals surface area contributed by atoms with Crippen molar-refractivity contribution < 1.29 is 62.2 Å². The zero-order valence-corrected chi connectivity index (χ0v) is 16.9. The average Bonchev–Trinajstić information content (AvgIpc) is 2.56. The van der Waals surface area contributed by atoms with Gasteiger partial charge < -0.3 is 4.74 Å². The van der Waals surface area contributed by atoms with E-state index >= 15 is 0 Å². The lowest BCUT2D eigenvalue weighted by atomic mass is 9.59. The third kappa shape index (κ3) is 4.68. The molecular weight excluding hydrogens is 476 g/mol. The topological polar surface area (TPSA) is 26.3 Å². The van der Waals surface area contributed by atoms with Gasteiger partial charge in [-0.15, -0.1) is 0 Å². The Balaban J connectivity index is 3.68. The van der Waals surface area contributed by atoms with Gasteiger partial charge in [-0.25, -0.2) is 4.79 Å². The highest BCUT2D eigenvalue weighted by Gasteiger charge is 2.76. The van der Waals surface area contributed by atoms with Gasteiger partial charge in [0.05, 0.1) is 0 Å². The van der Waals surface area contributed by atoms with Crippen LogP contribution in [0.1, 0.15) is 40.0 Å². The molecule has 188 valence electrons. The smallest absolute Gasteiger partial charge is 0.403 e. The molecule has 32 heavy (non-hydrogen) atoms. The van der Waals surface area contributed by atoms with Gasteiger partial charge in [-0.3, -0.25) is 0 Å². The van der Waals surface area contributed by atoms with Gasteiger partial charge in [0.15, 0.2) is 10.8 Å². The van der Waals surface area contributed by atoms with E-state index in [1.165, 1.54) is 0 Å². The van der Waals surface area contributed by atoms with Crippen molar-refractivity contribution in [2.24, 2.45) is 22.7 Å². The first-order valence-corrected chi connectivity index (χ1v) is 9.06. The Morgan fingerprint density at radius 3 is 1.44 bits per heavy atom. The summed E-state index contributed by atoms with van der Waals surface area (Å²) in [5, 5.41) is 0. The molecule has 3 atom stereocenters. The van der Waals surface area contributed by atoms with Crippen LogP contribution in [-0.4, -0.2) is 36.8 Å². The van der Waals surface area contributed by atoms with E-state index in [-0.39, 0.29) is 13.8 Å². The molecule has 14 heteroatoms. The van der Waals surface area contributed by atoms with Crippen molar-refractivity contribution in [3.63, 3.8) is 0 Å². The summed E-state index contributed by atoms with van der Waals surface area (Å²) < 4.78 is 167. The lowest BCUT2D eigenvalue weighted by Crippen LogP contribution is -2.61. The molecule has 0 aliphatic heterocycles. The second kappa shape index (κ2) is 8.30. The van der Waals surface area contributed by atoms with E-state index in [4.69, 9.17) is 0 Å². The minimum Gasteiger partial charge on any atom is -0.459 e. The SMILES string of the molecule is C=C(C)C(=O)OC1CCC(C(C)(C(F)(F)F)C(F)(F)F)CC1C(C)(C(F)(F)F)C(F)(F)F. The number of esters is 1. The maximum Gasteiger partial charge on any atom is 0.403 e. The van der Waals surface area contributed by atoms with Gasteiger partial charge >= 0.3 is 30.7 Å². The van der Waals surface area contributed by atoms with Crippen molar-refractivity contribution in [1.82, 2.24) is 0 Å². The van der Waals surface area contributed by atoms with Crippen molar-refractivity contribution in [2.75, 3.05) is 0 Å². The number of halogens is 12. The van der Waals surface area contributed by atoms with E-state index in [2.05, 4.69) is 11.3 Å². The predicted molar refractivity (Wildman–Crippen MR) is 86.0 cm³/mol. The highest BCUT2D eigenvalue weighted by Crippen LogP contribution is 2.64. The zero-order chi connectivity index (χ0) is 25.7. The molecule has 3 unspecified atom stereocenters. The number of rotatable bonds is 4. The van der Waals surface area contributed by atoms with E-state index in [1.54, 1.807) is 0 Å². The van der Waals surface area contributed by atoms with Crippen molar-refractivity contribution in [1.29, 1.82) is 0 Å². The highest BCUT2D eigenvalue weighted by atomic mass is 19.4. The molecule has 2 nitrogen and oxygen atoms in total. The largest absolute Gasteiger partial charge is 0.459 e. The summed E-state index contributed by atoms with van der Waals surface area (Å²) in [5.74, 6) is -7.07. The fraction of sp³-hybridized carbons (Fsp3) is 0.833. The summed E-state index contributed by atoms with van der Waals surface area (Å²) in [6, 6.07) is 0. The van der Waals surface area contributed by atoms with Gasteiger partial charge in [0, 0.05) is 11.5 Å². The first-order valence-electron chi connectivity index (χ1n) is 9.06. The van der Waals surface area contributed by atoms with Gasteiger partial charge in [-0.2, -0.15) is 52.7 Å². The number of carbonyl (C=O) groups excluding carboxylic acids is 1. The predicted octanol–water partition coefficient (Wildman–Crippen LogP) is 7.15. The van der Waals surface area contributed by atoms with Crippen LogP contribution < -0.4 is 0 Å². The molecule has 1 rings (SSSR count). The van der Waals surface area contributed by atoms with Crippen molar-refractivity contribution in [3.8, 4) is 0 Å². The number of hydrogen-bond donors (Lipinski definition) is 0. The molecule has 1 aliphatic carbocycles. The van der Waals surface area contributed by atoms with Crippen LogP contribution in [-0.2, 0) is 9.53 Å². The molecule has 0 aromatic carbocycles. The molecule has 0 saturated heterocycles. The molecule has 0 aromatic heterocycles. The summed E-state index contributed by atoms with van der Waals surface area (Å²) in [7, 11) is 0. The Kier molecular flexibility index (Phi) is 7.37. The first-order chi connectivity index (χ1) is 13.9. The molecule has 0 radical (unpaired) electrons. The minimum absolute atomic E-state index is 0.298. The van der Waals surface area contributed by atoms with E-state index in [1.807, 2.05) is 0 Å². The Morgan fingerprint density at radius 2 is 1.12 bits per heavy atom. The molecule has 0 spiro atoms. The summed E-state index contributed by atoms with van der Waals surface area (Å²) in [5.41, 5.74) is -9.77. The molecule has 0 heterocycles. The van der Waals surface area contributed by atoms with Gasteiger partial charge in [0.2, 0.25) is 0 Å². The van der Waals surface area contributed by atoms with Gasteiger partial charge in [0.1, 0.15) is 6.10 Å². The van der Waals surface area contributed by atoms with Crippen LogP contribution in [0, 0.1) is 22.7 Å². The Morgan fingerprint density at radius 1 is 0.750 bits per heavy atom. The van der Waals surface area contributed by atoms with Gasteiger partial charge in [0.25, 0.3) is 0 Å². The van der Waals surface area contributed by atoms with Crippen LogP contribution in [0.2, 0.25) is 0 Å². The molecule has 1 fully saturated rings. The first kappa shape index (κ1) is 28.4. The van der Waals surface area contributed by atoms with Gasteiger partial charge in [-0.05, 0) is 46.0 Å². The summed E-state index contributed by atoms with van der Waals surface area (Å²) in [6.45, 7) is 3.46. The maximum absolute atomic E-state index is 13.6. The third-order valence-corrected chi connectivity index (χ3v) is 6.31. The number of alkyl halides is 12. The summed E-state index contributed by atoms with van der Waals surface area (Å²) in [6.07, 6.45) is -30.5. The molecule has 0 N–H and O–H groups in total. The number of hydrogen-bond acceptors (Lipinski definition) is 2. The van der Waals surface area contributed by atoms with E-state index < -0.39 is 84.3 Å². The van der Waals surface area contributed by atoms with Crippen LogP contribution in [0.25, 0.3) is 0 Å². The molecule has 1 saturated carbocycles. The van der Waals surface area contributed by atoms with Crippen molar-refractivity contribution >= 4 is 5.97 Å². The van der Waals surface area contributed by atoms with Crippen LogP contribution in [0.5, 0.6) is 0 Å². The summed E-state index contributed by atoms with van der Waals surface area (Å²) >= 11 is 0. The van der Waals surface area contributed by atoms with Crippen LogP contribution >= 0.6 is 0 Å². The molecule has 0 aromatic rings. The van der Waals surface area contributed by atoms with E-state index in [0.29, 0.717) is 0 Å².